The van der Waals surface area contributed by atoms with Crippen molar-refractivity contribution < 1.29 is 9.31 Å². The van der Waals surface area contributed by atoms with Gasteiger partial charge < -0.3 is 9.31 Å². The monoisotopic (exact) mass is 234 g/mol. The fraction of sp³-hybridized carbons (Fsp3) is 0.750. The average Bonchev–Trinajstić information content (AvgIpc) is 2.77. The molecule has 0 spiro atoms. The lowest BCUT2D eigenvalue weighted by atomic mass is 9.85. The molecule has 2 aliphatic heterocycles. The topological polar surface area (TPSA) is 36.3 Å². The third kappa shape index (κ3) is 1.64. The zero-order valence-electron chi connectivity index (χ0n) is 11.0. The van der Waals surface area contributed by atoms with E-state index < -0.39 is 0 Å². The van der Waals surface area contributed by atoms with Gasteiger partial charge in [-0.15, -0.1) is 0 Å². The Morgan fingerprint density at radius 1 is 1.24 bits per heavy atom. The van der Waals surface area contributed by atoms with Gasteiger partial charge >= 0.3 is 7.12 Å². The zero-order chi connectivity index (χ0) is 12.3. The molecular weight excluding hydrogens is 215 g/mol. The van der Waals surface area contributed by atoms with Crippen LogP contribution in [0.2, 0.25) is 0 Å². The van der Waals surface area contributed by atoms with Gasteiger partial charge in [0.05, 0.1) is 16.8 Å². The number of aromatic nitrogens is 2. The predicted octanol–water partition coefficient (Wildman–Crippen LogP) is 1.13. The minimum absolute atomic E-state index is 0.286. The molecule has 0 unspecified atom stereocenters. The van der Waals surface area contributed by atoms with Crippen LogP contribution in [0, 0.1) is 0 Å². The van der Waals surface area contributed by atoms with Crippen LogP contribution < -0.4 is 5.59 Å². The zero-order valence-corrected chi connectivity index (χ0v) is 11.0. The number of rotatable bonds is 1. The van der Waals surface area contributed by atoms with Crippen LogP contribution in [0.3, 0.4) is 0 Å². The van der Waals surface area contributed by atoms with Crippen molar-refractivity contribution in [2.24, 2.45) is 0 Å². The first-order chi connectivity index (χ1) is 7.89. The van der Waals surface area contributed by atoms with Crippen LogP contribution in [0.25, 0.3) is 0 Å². The molecule has 0 aliphatic carbocycles. The van der Waals surface area contributed by atoms with Gasteiger partial charge in [0, 0.05) is 12.2 Å². The van der Waals surface area contributed by atoms with E-state index in [1.807, 2.05) is 0 Å². The summed E-state index contributed by atoms with van der Waals surface area (Å²) in [7, 11) is -0.321. The van der Waals surface area contributed by atoms with E-state index in [9.17, 15) is 0 Å². The summed E-state index contributed by atoms with van der Waals surface area (Å²) in [6.07, 6.45) is 2.32. The highest BCUT2D eigenvalue weighted by atomic mass is 16.7. The summed E-state index contributed by atoms with van der Waals surface area (Å²) < 4.78 is 14.0. The molecule has 2 aliphatic rings. The molecule has 5 heteroatoms. The molecule has 1 aromatic rings. The summed E-state index contributed by atoms with van der Waals surface area (Å²) in [5, 5.41) is 4.57. The van der Waals surface area contributed by atoms with Crippen molar-refractivity contribution in [1.82, 2.24) is 9.78 Å². The molecular formula is C12H19BN2O2. The Kier molecular flexibility index (Phi) is 2.23. The van der Waals surface area contributed by atoms with E-state index in [0.29, 0.717) is 0 Å². The van der Waals surface area contributed by atoms with Crippen molar-refractivity contribution in [3.05, 3.63) is 11.8 Å². The molecule has 0 amide bonds. The van der Waals surface area contributed by atoms with Gasteiger partial charge in [0.15, 0.2) is 0 Å². The molecule has 3 rings (SSSR count). The molecule has 4 nitrogen and oxygen atoms in total. The number of nitrogens with zero attached hydrogens (tertiary/aromatic N) is 2. The van der Waals surface area contributed by atoms with Crippen LogP contribution in [-0.2, 0) is 22.3 Å². The maximum Gasteiger partial charge on any atom is 0.516 e. The molecule has 1 fully saturated rings. The molecule has 0 radical (unpaired) electrons. The molecule has 17 heavy (non-hydrogen) atoms. The second-order valence-electron chi connectivity index (χ2n) is 5.98. The van der Waals surface area contributed by atoms with Gasteiger partial charge in [-0.25, -0.2) is 0 Å². The highest BCUT2D eigenvalue weighted by molar-refractivity contribution is 6.61. The molecule has 0 bridgehead atoms. The van der Waals surface area contributed by atoms with E-state index in [4.69, 9.17) is 9.31 Å². The molecule has 0 atom stereocenters. The summed E-state index contributed by atoms with van der Waals surface area (Å²) in [6.45, 7) is 9.29. The van der Waals surface area contributed by atoms with Gasteiger partial charge in [-0.2, -0.15) is 5.10 Å². The Hall–Kier alpha value is -0.805. The van der Waals surface area contributed by atoms with Crippen LogP contribution in [-0.4, -0.2) is 28.1 Å². The van der Waals surface area contributed by atoms with Crippen molar-refractivity contribution >= 4 is 12.7 Å². The predicted molar refractivity (Wildman–Crippen MR) is 66.3 cm³/mol. The smallest absolute Gasteiger partial charge is 0.398 e. The minimum atomic E-state index is -0.321. The normalized spacial score (nSPS) is 25.3. The highest BCUT2D eigenvalue weighted by Crippen LogP contribution is 2.36. The Labute approximate surface area is 102 Å². The van der Waals surface area contributed by atoms with Crippen LogP contribution in [0.15, 0.2) is 6.07 Å². The van der Waals surface area contributed by atoms with E-state index in [1.54, 1.807) is 0 Å². The molecule has 0 N–H and O–H groups in total. The molecule has 92 valence electrons. The lowest BCUT2D eigenvalue weighted by molar-refractivity contribution is 0.00578. The fourth-order valence-electron chi connectivity index (χ4n) is 2.36. The summed E-state index contributed by atoms with van der Waals surface area (Å²) in [5.74, 6) is 0. The standard InChI is InChI=1S/C12H19BN2O2/c1-11(2)12(3,4)17-13(16-11)10-8-9-6-5-7-15(9)14-10/h8H,5-7H2,1-4H3. The second kappa shape index (κ2) is 3.36. The minimum Gasteiger partial charge on any atom is -0.398 e. The molecule has 1 saturated heterocycles. The van der Waals surface area contributed by atoms with E-state index in [2.05, 4.69) is 43.5 Å². The van der Waals surface area contributed by atoms with Crippen molar-refractivity contribution in [3.8, 4) is 0 Å². The average molecular weight is 234 g/mol. The van der Waals surface area contributed by atoms with Gasteiger partial charge in [0.2, 0.25) is 0 Å². The Morgan fingerprint density at radius 2 is 1.88 bits per heavy atom. The van der Waals surface area contributed by atoms with Gasteiger partial charge in [0.1, 0.15) is 0 Å². The lowest BCUT2D eigenvalue weighted by Gasteiger charge is -2.32. The maximum atomic E-state index is 5.99. The first-order valence-electron chi connectivity index (χ1n) is 6.31. The van der Waals surface area contributed by atoms with Gasteiger partial charge in [-0.3, -0.25) is 4.68 Å². The van der Waals surface area contributed by atoms with Crippen LogP contribution in [0.5, 0.6) is 0 Å². The second-order valence-corrected chi connectivity index (χ2v) is 5.98. The van der Waals surface area contributed by atoms with E-state index in [0.717, 1.165) is 18.6 Å². The summed E-state index contributed by atoms with van der Waals surface area (Å²) >= 11 is 0. The van der Waals surface area contributed by atoms with E-state index >= 15 is 0 Å². The van der Waals surface area contributed by atoms with Crippen LogP contribution in [0.1, 0.15) is 39.8 Å². The van der Waals surface area contributed by atoms with Crippen LogP contribution >= 0.6 is 0 Å². The van der Waals surface area contributed by atoms with E-state index in [-0.39, 0.29) is 18.3 Å². The molecule has 0 aromatic carbocycles. The Morgan fingerprint density at radius 3 is 2.47 bits per heavy atom. The van der Waals surface area contributed by atoms with Crippen molar-refractivity contribution in [3.63, 3.8) is 0 Å². The van der Waals surface area contributed by atoms with Crippen LogP contribution in [0.4, 0.5) is 0 Å². The number of fused-ring (bicyclic) bond motifs is 1. The first kappa shape index (κ1) is 11.3. The Balaban J connectivity index is 1.87. The molecule has 1 aromatic heterocycles. The molecule has 3 heterocycles. The van der Waals surface area contributed by atoms with Crippen molar-refractivity contribution in [1.29, 1.82) is 0 Å². The Bertz CT molecular complexity index is 416. The fourth-order valence-corrected chi connectivity index (χ4v) is 2.36. The quantitative estimate of drug-likeness (QED) is 0.683. The SMILES string of the molecule is CC1(C)OB(c2cc3n(n2)CCC3)OC1(C)C. The number of hydrogen-bond donors (Lipinski definition) is 0. The van der Waals surface area contributed by atoms with Gasteiger partial charge in [-0.1, -0.05) is 0 Å². The third-order valence-electron chi connectivity index (χ3n) is 4.18. The summed E-state index contributed by atoms with van der Waals surface area (Å²) in [4.78, 5) is 0. The highest BCUT2D eigenvalue weighted by Gasteiger charge is 2.52. The van der Waals surface area contributed by atoms with Gasteiger partial charge in [-0.05, 0) is 46.6 Å². The van der Waals surface area contributed by atoms with Gasteiger partial charge in [0.25, 0.3) is 0 Å². The summed E-state index contributed by atoms with van der Waals surface area (Å²) in [5.41, 5.74) is 1.64. The number of hydrogen-bond acceptors (Lipinski definition) is 3. The molecule has 0 saturated carbocycles. The maximum absolute atomic E-state index is 5.99. The summed E-state index contributed by atoms with van der Waals surface area (Å²) in [6, 6.07) is 2.12. The number of aryl methyl sites for hydroxylation is 2. The first-order valence-corrected chi connectivity index (χ1v) is 6.31. The lowest BCUT2D eigenvalue weighted by Crippen LogP contribution is -2.41. The van der Waals surface area contributed by atoms with Crippen molar-refractivity contribution in [2.45, 2.75) is 58.3 Å². The largest absolute Gasteiger partial charge is 0.516 e. The van der Waals surface area contributed by atoms with Crippen molar-refractivity contribution in [2.75, 3.05) is 0 Å². The third-order valence-corrected chi connectivity index (χ3v) is 4.18. The van der Waals surface area contributed by atoms with E-state index in [1.165, 1.54) is 12.1 Å².